The summed E-state index contributed by atoms with van der Waals surface area (Å²) in [6, 6.07) is 9.15. The summed E-state index contributed by atoms with van der Waals surface area (Å²) in [6.45, 7) is 2.42. The molecule has 0 aliphatic carbocycles. The molecule has 1 aliphatic rings. The van der Waals surface area contributed by atoms with Crippen molar-refractivity contribution in [2.24, 2.45) is 0 Å². The minimum Gasteiger partial charge on any atom is -0.381 e. The number of benzene rings is 1. The third kappa shape index (κ3) is 3.08. The molecule has 1 fully saturated rings. The summed E-state index contributed by atoms with van der Waals surface area (Å²) in [4.78, 5) is 2.40. The molecular formula is C12H17IN2. The lowest BCUT2D eigenvalue weighted by atomic mass is 10.1. The fourth-order valence-corrected chi connectivity index (χ4v) is 2.49. The second kappa shape index (κ2) is 5.16. The predicted octanol–water partition coefficient (Wildman–Crippen LogP) is 2.80. The zero-order chi connectivity index (χ0) is 10.7. The Kier molecular flexibility index (Phi) is 3.86. The Morgan fingerprint density at radius 2 is 1.93 bits per heavy atom. The van der Waals surface area contributed by atoms with Gasteiger partial charge < -0.3 is 10.2 Å². The van der Waals surface area contributed by atoms with E-state index in [4.69, 9.17) is 0 Å². The van der Waals surface area contributed by atoms with E-state index in [1.165, 1.54) is 35.2 Å². The maximum Gasteiger partial charge on any atom is 0.0478 e. The highest BCUT2D eigenvalue weighted by Gasteiger charge is 2.16. The number of anilines is 1. The third-order valence-corrected chi connectivity index (χ3v) is 3.89. The van der Waals surface area contributed by atoms with Crippen molar-refractivity contribution >= 4 is 28.3 Å². The molecular weight excluding hydrogens is 299 g/mol. The number of para-hydroxylation sites is 1. The van der Waals surface area contributed by atoms with Crippen molar-refractivity contribution in [3.63, 3.8) is 0 Å². The number of rotatable bonds is 2. The Morgan fingerprint density at radius 3 is 2.60 bits per heavy atom. The van der Waals surface area contributed by atoms with E-state index < -0.39 is 0 Å². The van der Waals surface area contributed by atoms with Crippen LogP contribution in [-0.4, -0.2) is 31.1 Å². The highest BCUT2D eigenvalue weighted by atomic mass is 127. The van der Waals surface area contributed by atoms with Crippen LogP contribution >= 0.6 is 22.6 Å². The van der Waals surface area contributed by atoms with E-state index in [-0.39, 0.29) is 0 Å². The zero-order valence-corrected chi connectivity index (χ0v) is 11.2. The summed E-state index contributed by atoms with van der Waals surface area (Å²) in [5.41, 5.74) is 1.28. The van der Waals surface area contributed by atoms with Crippen LogP contribution in [0.3, 0.4) is 0 Å². The summed E-state index contributed by atoms with van der Waals surface area (Å²) in [5.74, 6) is 0. The molecule has 15 heavy (non-hydrogen) atoms. The molecule has 0 saturated carbocycles. The summed E-state index contributed by atoms with van der Waals surface area (Å²) in [5, 5.41) is 3.64. The normalized spacial score (nSPS) is 19.1. The van der Waals surface area contributed by atoms with Crippen LogP contribution in [0.1, 0.15) is 12.8 Å². The fraction of sp³-hybridized carbons (Fsp3) is 0.500. The van der Waals surface area contributed by atoms with Gasteiger partial charge in [0.2, 0.25) is 0 Å². The van der Waals surface area contributed by atoms with Gasteiger partial charge in [-0.2, -0.15) is 0 Å². The molecule has 2 rings (SSSR count). The van der Waals surface area contributed by atoms with Crippen molar-refractivity contribution in [3.8, 4) is 0 Å². The molecule has 2 nitrogen and oxygen atoms in total. The average Bonchev–Trinajstić information content (AvgIpc) is 2.25. The second-order valence-corrected chi connectivity index (χ2v) is 5.36. The molecule has 1 heterocycles. The van der Waals surface area contributed by atoms with Crippen LogP contribution in [0.25, 0.3) is 0 Å². The first-order chi connectivity index (χ1) is 7.25. The van der Waals surface area contributed by atoms with Gasteiger partial charge in [-0.15, -0.1) is 0 Å². The number of nitrogens with zero attached hydrogens (tertiary/aromatic N) is 1. The number of nitrogens with one attached hydrogen (secondary N) is 1. The number of hydrogen-bond acceptors (Lipinski definition) is 2. The highest BCUT2D eigenvalue weighted by molar-refractivity contribution is 14.1. The molecule has 0 spiro atoms. The molecule has 0 radical (unpaired) electrons. The van der Waals surface area contributed by atoms with Gasteiger partial charge in [0, 0.05) is 15.3 Å². The molecule has 1 saturated heterocycles. The lowest BCUT2D eigenvalue weighted by Crippen LogP contribution is -2.36. The molecule has 0 atom stereocenters. The molecule has 0 aromatic heterocycles. The first-order valence-electron chi connectivity index (χ1n) is 5.45. The first kappa shape index (κ1) is 11.2. The maximum absolute atomic E-state index is 3.64. The molecule has 1 aliphatic heterocycles. The van der Waals surface area contributed by atoms with Crippen LogP contribution in [0.2, 0.25) is 0 Å². The van der Waals surface area contributed by atoms with Gasteiger partial charge in [-0.25, -0.2) is 0 Å². The Labute approximate surface area is 105 Å². The van der Waals surface area contributed by atoms with Crippen LogP contribution in [0, 0.1) is 3.57 Å². The molecule has 1 aromatic carbocycles. The summed E-state index contributed by atoms with van der Waals surface area (Å²) in [6.07, 6.45) is 2.50. The monoisotopic (exact) mass is 316 g/mol. The van der Waals surface area contributed by atoms with Crippen LogP contribution < -0.4 is 5.32 Å². The first-order valence-corrected chi connectivity index (χ1v) is 6.53. The minimum atomic E-state index is 0.650. The molecule has 0 unspecified atom stereocenters. The molecule has 0 amide bonds. The summed E-state index contributed by atoms with van der Waals surface area (Å²) in [7, 11) is 2.20. The van der Waals surface area contributed by atoms with Gasteiger partial charge in [0.15, 0.2) is 0 Å². The topological polar surface area (TPSA) is 15.3 Å². The smallest absolute Gasteiger partial charge is 0.0478 e. The number of likely N-dealkylation sites (tertiary alicyclic amines) is 1. The van der Waals surface area contributed by atoms with E-state index >= 15 is 0 Å². The van der Waals surface area contributed by atoms with Crippen LogP contribution in [0.4, 0.5) is 5.69 Å². The average molecular weight is 316 g/mol. The van der Waals surface area contributed by atoms with Crippen molar-refractivity contribution in [3.05, 3.63) is 27.8 Å². The zero-order valence-electron chi connectivity index (χ0n) is 9.04. The SMILES string of the molecule is CN1CCC(Nc2ccccc2I)CC1. The Balaban J connectivity index is 1.95. The molecule has 1 N–H and O–H groups in total. The highest BCUT2D eigenvalue weighted by Crippen LogP contribution is 2.20. The van der Waals surface area contributed by atoms with E-state index in [1.54, 1.807) is 0 Å². The second-order valence-electron chi connectivity index (χ2n) is 4.20. The van der Waals surface area contributed by atoms with Crippen LogP contribution in [0.5, 0.6) is 0 Å². The number of piperidine rings is 1. The van der Waals surface area contributed by atoms with Gasteiger partial charge in [-0.3, -0.25) is 0 Å². The van der Waals surface area contributed by atoms with E-state index in [0.29, 0.717) is 6.04 Å². The lowest BCUT2D eigenvalue weighted by Gasteiger charge is -2.30. The van der Waals surface area contributed by atoms with Gasteiger partial charge in [0.1, 0.15) is 0 Å². The number of hydrogen-bond donors (Lipinski definition) is 1. The summed E-state index contributed by atoms with van der Waals surface area (Å²) < 4.78 is 1.31. The maximum atomic E-state index is 3.64. The van der Waals surface area contributed by atoms with E-state index in [0.717, 1.165) is 0 Å². The molecule has 1 aromatic rings. The molecule has 82 valence electrons. The van der Waals surface area contributed by atoms with Crippen molar-refractivity contribution in [2.75, 3.05) is 25.5 Å². The van der Waals surface area contributed by atoms with Gasteiger partial charge in [-0.05, 0) is 67.7 Å². The van der Waals surface area contributed by atoms with Gasteiger partial charge in [0.25, 0.3) is 0 Å². The van der Waals surface area contributed by atoms with E-state index in [9.17, 15) is 0 Å². The van der Waals surface area contributed by atoms with Crippen molar-refractivity contribution < 1.29 is 0 Å². The Bertz CT molecular complexity index is 319. The third-order valence-electron chi connectivity index (χ3n) is 2.95. The summed E-state index contributed by atoms with van der Waals surface area (Å²) >= 11 is 2.39. The van der Waals surface area contributed by atoms with Crippen molar-refractivity contribution in [1.82, 2.24) is 4.90 Å². The van der Waals surface area contributed by atoms with Crippen LogP contribution in [0.15, 0.2) is 24.3 Å². The van der Waals surface area contributed by atoms with Crippen molar-refractivity contribution in [1.29, 1.82) is 0 Å². The van der Waals surface area contributed by atoms with Gasteiger partial charge in [0.05, 0.1) is 0 Å². The fourth-order valence-electron chi connectivity index (χ4n) is 1.95. The van der Waals surface area contributed by atoms with E-state index in [1.807, 2.05) is 0 Å². The standard InChI is InChI=1S/C12H17IN2/c1-15-8-6-10(7-9-15)14-12-5-3-2-4-11(12)13/h2-5,10,14H,6-9H2,1H3. The lowest BCUT2D eigenvalue weighted by molar-refractivity contribution is 0.264. The minimum absolute atomic E-state index is 0.650. The van der Waals surface area contributed by atoms with Gasteiger partial charge >= 0.3 is 0 Å². The van der Waals surface area contributed by atoms with Crippen molar-refractivity contribution in [2.45, 2.75) is 18.9 Å². The predicted molar refractivity (Wildman–Crippen MR) is 73.3 cm³/mol. The Hall–Kier alpha value is -0.290. The molecule has 3 heteroatoms. The Morgan fingerprint density at radius 1 is 1.27 bits per heavy atom. The van der Waals surface area contributed by atoms with Gasteiger partial charge in [-0.1, -0.05) is 12.1 Å². The number of halogens is 1. The quantitative estimate of drug-likeness (QED) is 0.844. The van der Waals surface area contributed by atoms with E-state index in [2.05, 4.69) is 64.1 Å². The molecule has 0 bridgehead atoms. The van der Waals surface area contributed by atoms with Crippen LogP contribution in [-0.2, 0) is 0 Å². The largest absolute Gasteiger partial charge is 0.381 e.